The van der Waals surface area contributed by atoms with Gasteiger partial charge in [-0.15, -0.1) is 0 Å². The third kappa shape index (κ3) is 2.46. The van der Waals surface area contributed by atoms with E-state index in [1.165, 1.54) is 0 Å². The number of carboxylic acids is 1. The summed E-state index contributed by atoms with van der Waals surface area (Å²) in [5.74, 6) is -1.92. The Hall–Kier alpha value is -1.85. The molecule has 92 valence electrons. The number of nitrogens with zero attached hydrogens (tertiary/aromatic N) is 2. The Balaban J connectivity index is 1.85. The van der Waals surface area contributed by atoms with Gasteiger partial charge in [0.05, 0.1) is 17.5 Å². The normalized spacial score (nSPS) is 22.2. The summed E-state index contributed by atoms with van der Waals surface area (Å²) < 4.78 is 1.69. The van der Waals surface area contributed by atoms with Gasteiger partial charge in [0.15, 0.2) is 0 Å². The molecule has 1 aliphatic rings. The van der Waals surface area contributed by atoms with Gasteiger partial charge in [0.25, 0.3) is 0 Å². The van der Waals surface area contributed by atoms with Crippen molar-refractivity contribution >= 4 is 11.9 Å². The minimum absolute atomic E-state index is 0.180. The molecule has 0 aliphatic heterocycles. The van der Waals surface area contributed by atoms with Gasteiger partial charge in [0.1, 0.15) is 0 Å². The van der Waals surface area contributed by atoms with Crippen LogP contribution in [0.15, 0.2) is 6.20 Å². The van der Waals surface area contributed by atoms with E-state index in [9.17, 15) is 9.59 Å². The van der Waals surface area contributed by atoms with Crippen molar-refractivity contribution in [2.24, 2.45) is 18.9 Å². The van der Waals surface area contributed by atoms with Gasteiger partial charge in [-0.2, -0.15) is 5.10 Å². The van der Waals surface area contributed by atoms with Crippen molar-refractivity contribution in [1.29, 1.82) is 0 Å². The van der Waals surface area contributed by atoms with Gasteiger partial charge in [0, 0.05) is 25.4 Å². The molecular weight excluding hydrogens is 222 g/mol. The number of carbonyl (C=O) groups excluding carboxylic acids is 1. The molecule has 0 spiro atoms. The largest absolute Gasteiger partial charge is 0.481 e. The molecule has 1 aromatic rings. The van der Waals surface area contributed by atoms with Crippen LogP contribution in [-0.4, -0.2) is 26.8 Å². The number of amides is 1. The van der Waals surface area contributed by atoms with Crippen molar-refractivity contribution in [1.82, 2.24) is 15.1 Å². The summed E-state index contributed by atoms with van der Waals surface area (Å²) in [7, 11) is 1.82. The molecule has 1 aliphatic carbocycles. The molecule has 0 bridgehead atoms. The Labute approximate surface area is 98.6 Å². The fraction of sp³-hybridized carbons (Fsp3) is 0.545. The van der Waals surface area contributed by atoms with Crippen LogP contribution < -0.4 is 5.32 Å². The zero-order valence-corrected chi connectivity index (χ0v) is 9.80. The average Bonchev–Trinajstić information content (AvgIpc) is 2.97. The van der Waals surface area contributed by atoms with E-state index in [0.29, 0.717) is 13.0 Å². The lowest BCUT2D eigenvalue weighted by Gasteiger charge is -2.02. The molecule has 1 saturated carbocycles. The summed E-state index contributed by atoms with van der Waals surface area (Å²) in [6.45, 7) is 2.28. The molecule has 6 heteroatoms. The van der Waals surface area contributed by atoms with Crippen molar-refractivity contribution in [3.63, 3.8) is 0 Å². The van der Waals surface area contributed by atoms with Crippen LogP contribution in [0.4, 0.5) is 0 Å². The summed E-state index contributed by atoms with van der Waals surface area (Å²) in [5, 5.41) is 15.6. The molecule has 0 unspecified atom stereocenters. The Kier molecular flexibility index (Phi) is 2.87. The minimum atomic E-state index is -0.886. The minimum Gasteiger partial charge on any atom is -0.481 e. The summed E-state index contributed by atoms with van der Waals surface area (Å²) in [6, 6.07) is 0. The summed E-state index contributed by atoms with van der Waals surface area (Å²) in [6.07, 6.45) is 2.30. The zero-order valence-electron chi connectivity index (χ0n) is 9.80. The van der Waals surface area contributed by atoms with Crippen LogP contribution >= 0.6 is 0 Å². The van der Waals surface area contributed by atoms with E-state index >= 15 is 0 Å². The number of carbonyl (C=O) groups is 2. The molecule has 1 aromatic heterocycles. The highest BCUT2D eigenvalue weighted by Gasteiger charge is 2.48. The molecule has 1 fully saturated rings. The lowest BCUT2D eigenvalue weighted by atomic mass is 10.2. The van der Waals surface area contributed by atoms with Crippen molar-refractivity contribution in [2.75, 3.05) is 0 Å². The summed E-state index contributed by atoms with van der Waals surface area (Å²) in [4.78, 5) is 22.2. The Bertz CT molecular complexity index is 467. The molecule has 2 atom stereocenters. The SMILES string of the molecule is Cc1nn(C)cc1CNC(=O)[C@@H]1C[C@@H]1C(=O)O. The third-order valence-electron chi connectivity index (χ3n) is 3.01. The maximum absolute atomic E-state index is 11.6. The number of carboxylic acid groups (broad SMARTS) is 1. The van der Waals surface area contributed by atoms with Crippen LogP contribution in [0.2, 0.25) is 0 Å². The quantitative estimate of drug-likeness (QED) is 0.775. The fourth-order valence-electron chi connectivity index (χ4n) is 1.89. The summed E-state index contributed by atoms with van der Waals surface area (Å²) >= 11 is 0. The first-order chi connectivity index (χ1) is 7.99. The maximum atomic E-state index is 11.6. The van der Waals surface area contributed by atoms with Gasteiger partial charge in [-0.25, -0.2) is 0 Å². The number of nitrogens with one attached hydrogen (secondary N) is 1. The van der Waals surface area contributed by atoms with Crippen molar-refractivity contribution in [2.45, 2.75) is 19.9 Å². The smallest absolute Gasteiger partial charge is 0.307 e. The standard InChI is InChI=1S/C11H15N3O3/c1-6-7(5-14(2)13-6)4-12-10(15)8-3-9(8)11(16)17/h5,8-9H,3-4H2,1-2H3,(H,12,15)(H,16,17)/t8-,9+/m1/s1. The molecular formula is C11H15N3O3. The number of aromatic nitrogens is 2. The zero-order chi connectivity index (χ0) is 12.6. The average molecular weight is 237 g/mol. The van der Waals surface area contributed by atoms with Gasteiger partial charge >= 0.3 is 5.97 Å². The molecule has 1 amide bonds. The topological polar surface area (TPSA) is 84.2 Å². The second kappa shape index (κ2) is 4.20. The molecule has 2 rings (SSSR count). The molecule has 0 saturated heterocycles. The van der Waals surface area contributed by atoms with Crippen LogP contribution in [0, 0.1) is 18.8 Å². The Morgan fingerprint density at radius 3 is 2.76 bits per heavy atom. The predicted octanol–water partition coefficient (Wildman–Crippen LogP) is 0.0654. The van der Waals surface area contributed by atoms with E-state index in [1.807, 2.05) is 20.2 Å². The second-order valence-corrected chi connectivity index (χ2v) is 4.42. The molecule has 17 heavy (non-hydrogen) atoms. The van der Waals surface area contributed by atoms with Gasteiger partial charge in [0.2, 0.25) is 5.91 Å². The van der Waals surface area contributed by atoms with Gasteiger partial charge < -0.3 is 10.4 Å². The fourth-order valence-corrected chi connectivity index (χ4v) is 1.89. The van der Waals surface area contributed by atoms with Crippen LogP contribution in [0.25, 0.3) is 0 Å². The van der Waals surface area contributed by atoms with E-state index < -0.39 is 11.9 Å². The molecule has 1 heterocycles. The number of aliphatic carboxylic acids is 1. The monoisotopic (exact) mass is 237 g/mol. The van der Waals surface area contributed by atoms with Gasteiger partial charge in [-0.05, 0) is 13.3 Å². The van der Waals surface area contributed by atoms with E-state index in [4.69, 9.17) is 5.11 Å². The lowest BCUT2D eigenvalue weighted by molar-refractivity contribution is -0.140. The number of hydrogen-bond donors (Lipinski definition) is 2. The lowest BCUT2D eigenvalue weighted by Crippen LogP contribution is -2.26. The number of aryl methyl sites for hydroxylation is 2. The van der Waals surface area contributed by atoms with Crippen LogP contribution in [0.3, 0.4) is 0 Å². The first kappa shape index (κ1) is 11.6. The van der Waals surface area contributed by atoms with Gasteiger partial charge in [-0.3, -0.25) is 14.3 Å². The molecule has 2 N–H and O–H groups in total. The highest BCUT2D eigenvalue weighted by molar-refractivity contribution is 5.89. The van der Waals surface area contributed by atoms with Crippen molar-refractivity contribution < 1.29 is 14.7 Å². The maximum Gasteiger partial charge on any atom is 0.307 e. The first-order valence-corrected chi connectivity index (χ1v) is 5.48. The van der Waals surface area contributed by atoms with Crippen LogP contribution in [0.1, 0.15) is 17.7 Å². The van der Waals surface area contributed by atoms with Gasteiger partial charge in [-0.1, -0.05) is 0 Å². The van der Waals surface area contributed by atoms with Crippen molar-refractivity contribution in [3.05, 3.63) is 17.5 Å². The Morgan fingerprint density at radius 1 is 1.59 bits per heavy atom. The number of rotatable bonds is 4. The van der Waals surface area contributed by atoms with E-state index in [0.717, 1.165) is 11.3 Å². The third-order valence-corrected chi connectivity index (χ3v) is 3.01. The highest BCUT2D eigenvalue weighted by Crippen LogP contribution is 2.38. The summed E-state index contributed by atoms with van der Waals surface area (Å²) in [5.41, 5.74) is 1.83. The van der Waals surface area contributed by atoms with E-state index in [2.05, 4.69) is 10.4 Å². The first-order valence-electron chi connectivity index (χ1n) is 5.48. The predicted molar refractivity (Wildman–Crippen MR) is 59.0 cm³/mol. The molecule has 0 aromatic carbocycles. The Morgan fingerprint density at radius 2 is 2.29 bits per heavy atom. The molecule has 6 nitrogen and oxygen atoms in total. The van der Waals surface area contributed by atoms with Crippen molar-refractivity contribution in [3.8, 4) is 0 Å². The second-order valence-electron chi connectivity index (χ2n) is 4.42. The highest BCUT2D eigenvalue weighted by atomic mass is 16.4. The van der Waals surface area contributed by atoms with E-state index in [-0.39, 0.29) is 11.8 Å². The van der Waals surface area contributed by atoms with E-state index in [1.54, 1.807) is 4.68 Å². The van der Waals surface area contributed by atoms with Crippen LogP contribution in [-0.2, 0) is 23.2 Å². The number of hydrogen-bond acceptors (Lipinski definition) is 3. The molecule has 0 radical (unpaired) electrons. The van der Waals surface area contributed by atoms with Crippen LogP contribution in [0.5, 0.6) is 0 Å².